The fourth-order valence-electron chi connectivity index (χ4n) is 1.05. The van der Waals surface area contributed by atoms with Crippen LogP contribution in [-0.4, -0.2) is 24.1 Å². The van der Waals surface area contributed by atoms with Crippen molar-refractivity contribution in [1.29, 1.82) is 0 Å². The molecule has 0 spiro atoms. The largest absolute Gasteiger partial charge is 0.508 e. The number of amides is 1. The summed E-state index contributed by atoms with van der Waals surface area (Å²) in [5.74, 6) is -0.0220. The zero-order chi connectivity index (χ0) is 11.1. The summed E-state index contributed by atoms with van der Waals surface area (Å²) >= 11 is 0. The lowest BCUT2D eigenvalue weighted by Crippen LogP contribution is -2.23. The third-order valence-electron chi connectivity index (χ3n) is 1.81. The van der Waals surface area contributed by atoms with E-state index in [0.29, 0.717) is 18.7 Å². The Balaban J connectivity index is 2.47. The average Bonchev–Trinajstić information content (AvgIpc) is 2.25. The molecule has 0 unspecified atom stereocenters. The van der Waals surface area contributed by atoms with E-state index in [1.165, 1.54) is 12.1 Å². The van der Waals surface area contributed by atoms with Gasteiger partial charge in [0.2, 0.25) is 0 Å². The first-order valence-corrected chi connectivity index (χ1v) is 4.66. The maximum absolute atomic E-state index is 11.5. The normalized spacial score (nSPS) is 10.5. The van der Waals surface area contributed by atoms with Crippen molar-refractivity contribution in [1.82, 2.24) is 5.32 Å². The first-order valence-electron chi connectivity index (χ1n) is 4.66. The fraction of sp³-hybridized carbons (Fsp3) is 0.182. The van der Waals surface area contributed by atoms with Crippen LogP contribution in [0.2, 0.25) is 0 Å². The molecule has 15 heavy (non-hydrogen) atoms. The quantitative estimate of drug-likeness (QED) is 0.633. The van der Waals surface area contributed by atoms with Crippen molar-refractivity contribution in [3.05, 3.63) is 42.0 Å². The number of aromatic hydroxyl groups is 1. The number of nitrogens with two attached hydrogens (primary N) is 1. The van der Waals surface area contributed by atoms with Crippen LogP contribution in [0.5, 0.6) is 5.75 Å². The lowest BCUT2D eigenvalue weighted by Gasteiger charge is -2.01. The Hall–Kier alpha value is -1.81. The number of benzene rings is 1. The molecular weight excluding hydrogens is 192 g/mol. The van der Waals surface area contributed by atoms with Crippen molar-refractivity contribution in [2.45, 2.75) is 0 Å². The number of carbonyl (C=O) groups is 1. The lowest BCUT2D eigenvalue weighted by molar-refractivity contribution is 0.0958. The van der Waals surface area contributed by atoms with Gasteiger partial charge in [0, 0.05) is 18.7 Å². The van der Waals surface area contributed by atoms with Crippen LogP contribution in [0.25, 0.3) is 0 Å². The number of nitrogens with one attached hydrogen (secondary N) is 1. The van der Waals surface area contributed by atoms with Crippen LogP contribution in [0.3, 0.4) is 0 Å². The topological polar surface area (TPSA) is 75.3 Å². The second-order valence-electron chi connectivity index (χ2n) is 2.96. The Morgan fingerprint density at radius 1 is 1.33 bits per heavy atom. The van der Waals surface area contributed by atoms with Crippen molar-refractivity contribution in [2.75, 3.05) is 13.1 Å². The van der Waals surface area contributed by atoms with Gasteiger partial charge in [0.05, 0.1) is 0 Å². The molecule has 0 aromatic heterocycles. The van der Waals surface area contributed by atoms with Gasteiger partial charge in [-0.2, -0.15) is 0 Å². The molecule has 0 saturated carbocycles. The van der Waals surface area contributed by atoms with Gasteiger partial charge in [-0.1, -0.05) is 12.2 Å². The highest BCUT2D eigenvalue weighted by Crippen LogP contribution is 2.09. The number of phenolic OH excluding ortho intramolecular Hbond substituents is 1. The Kier molecular flexibility index (Phi) is 4.37. The molecule has 0 fully saturated rings. The second kappa shape index (κ2) is 5.82. The zero-order valence-corrected chi connectivity index (χ0v) is 8.31. The summed E-state index contributed by atoms with van der Waals surface area (Å²) in [5.41, 5.74) is 5.77. The van der Waals surface area contributed by atoms with Gasteiger partial charge in [0.15, 0.2) is 0 Å². The molecule has 4 nitrogen and oxygen atoms in total. The first kappa shape index (κ1) is 11.3. The molecular formula is C11H14N2O2. The monoisotopic (exact) mass is 206 g/mol. The van der Waals surface area contributed by atoms with Crippen LogP contribution in [0.4, 0.5) is 0 Å². The summed E-state index contributed by atoms with van der Waals surface area (Å²) in [6.07, 6.45) is 3.56. The molecule has 0 aliphatic rings. The standard InChI is InChI=1S/C11H14N2O2/c12-7-1-2-8-13-11(15)9-3-5-10(14)6-4-9/h1-6,14H,7-8,12H2,(H,13,15)/b2-1+. The average molecular weight is 206 g/mol. The van der Waals surface area contributed by atoms with E-state index in [2.05, 4.69) is 5.32 Å². The lowest BCUT2D eigenvalue weighted by atomic mass is 10.2. The van der Waals surface area contributed by atoms with E-state index in [-0.39, 0.29) is 11.7 Å². The third-order valence-corrected chi connectivity index (χ3v) is 1.81. The number of hydrogen-bond donors (Lipinski definition) is 3. The van der Waals surface area contributed by atoms with Gasteiger partial charge in [0.25, 0.3) is 5.91 Å². The predicted octanol–water partition coefficient (Wildman–Crippen LogP) is 0.637. The van der Waals surface area contributed by atoms with E-state index in [0.717, 1.165) is 0 Å². The van der Waals surface area contributed by atoms with Gasteiger partial charge in [-0.25, -0.2) is 0 Å². The molecule has 0 radical (unpaired) electrons. The van der Waals surface area contributed by atoms with Crippen molar-refractivity contribution in [2.24, 2.45) is 5.73 Å². The van der Waals surface area contributed by atoms with Gasteiger partial charge in [0.1, 0.15) is 5.75 Å². The highest BCUT2D eigenvalue weighted by atomic mass is 16.3. The molecule has 1 amide bonds. The van der Waals surface area contributed by atoms with Crippen molar-refractivity contribution < 1.29 is 9.90 Å². The smallest absolute Gasteiger partial charge is 0.251 e. The van der Waals surface area contributed by atoms with Gasteiger partial charge >= 0.3 is 0 Å². The van der Waals surface area contributed by atoms with Crippen LogP contribution in [0.15, 0.2) is 36.4 Å². The Morgan fingerprint density at radius 2 is 2.00 bits per heavy atom. The fourth-order valence-corrected chi connectivity index (χ4v) is 1.05. The number of rotatable bonds is 4. The maximum atomic E-state index is 11.5. The van der Waals surface area contributed by atoms with E-state index in [9.17, 15) is 4.79 Å². The van der Waals surface area contributed by atoms with E-state index < -0.39 is 0 Å². The minimum Gasteiger partial charge on any atom is -0.508 e. The van der Waals surface area contributed by atoms with Crippen LogP contribution < -0.4 is 11.1 Å². The molecule has 1 aromatic carbocycles. The maximum Gasteiger partial charge on any atom is 0.251 e. The summed E-state index contributed by atoms with van der Waals surface area (Å²) in [7, 11) is 0. The molecule has 80 valence electrons. The summed E-state index contributed by atoms with van der Waals surface area (Å²) in [6.45, 7) is 0.923. The number of phenols is 1. The molecule has 4 heteroatoms. The molecule has 0 atom stereocenters. The molecule has 0 heterocycles. The van der Waals surface area contributed by atoms with Gasteiger partial charge in [-0.05, 0) is 24.3 Å². The molecule has 1 rings (SSSR count). The van der Waals surface area contributed by atoms with E-state index in [1.54, 1.807) is 24.3 Å². The zero-order valence-electron chi connectivity index (χ0n) is 8.31. The van der Waals surface area contributed by atoms with Crippen LogP contribution >= 0.6 is 0 Å². The molecule has 4 N–H and O–H groups in total. The van der Waals surface area contributed by atoms with E-state index >= 15 is 0 Å². The first-order chi connectivity index (χ1) is 7.24. The van der Waals surface area contributed by atoms with E-state index in [1.807, 2.05) is 0 Å². The Bertz CT molecular complexity index is 344. The predicted molar refractivity (Wildman–Crippen MR) is 58.6 cm³/mol. The minimum atomic E-state index is -0.170. The minimum absolute atomic E-state index is 0.148. The molecule has 0 aliphatic heterocycles. The SMILES string of the molecule is NC/C=C/CNC(=O)c1ccc(O)cc1. The third kappa shape index (κ3) is 3.83. The molecule has 0 aliphatic carbocycles. The van der Waals surface area contributed by atoms with Crippen LogP contribution in [0, 0.1) is 0 Å². The molecule has 0 bridgehead atoms. The summed E-state index contributed by atoms with van der Waals surface area (Å²) in [5, 5.41) is 11.7. The number of carbonyl (C=O) groups excluding carboxylic acids is 1. The van der Waals surface area contributed by atoms with Crippen molar-refractivity contribution >= 4 is 5.91 Å². The number of hydrogen-bond acceptors (Lipinski definition) is 3. The van der Waals surface area contributed by atoms with Crippen LogP contribution in [-0.2, 0) is 0 Å². The summed E-state index contributed by atoms with van der Waals surface area (Å²) < 4.78 is 0. The van der Waals surface area contributed by atoms with Gasteiger partial charge < -0.3 is 16.2 Å². The molecule has 0 saturated heterocycles. The Labute approximate surface area is 88.4 Å². The molecule has 1 aromatic rings. The van der Waals surface area contributed by atoms with Crippen LogP contribution in [0.1, 0.15) is 10.4 Å². The van der Waals surface area contributed by atoms with Crippen molar-refractivity contribution in [3.8, 4) is 5.75 Å². The van der Waals surface area contributed by atoms with Crippen molar-refractivity contribution in [3.63, 3.8) is 0 Å². The van der Waals surface area contributed by atoms with Gasteiger partial charge in [-0.3, -0.25) is 4.79 Å². The van der Waals surface area contributed by atoms with Gasteiger partial charge in [-0.15, -0.1) is 0 Å². The highest BCUT2D eigenvalue weighted by molar-refractivity contribution is 5.94. The summed E-state index contributed by atoms with van der Waals surface area (Å²) in [4.78, 5) is 11.5. The highest BCUT2D eigenvalue weighted by Gasteiger charge is 2.02. The summed E-state index contributed by atoms with van der Waals surface area (Å²) in [6, 6.07) is 6.09. The Morgan fingerprint density at radius 3 is 2.60 bits per heavy atom. The van der Waals surface area contributed by atoms with E-state index in [4.69, 9.17) is 10.8 Å². The second-order valence-corrected chi connectivity index (χ2v) is 2.96.